The number of rotatable bonds is 6. The van der Waals surface area contributed by atoms with Crippen LogP contribution in [-0.2, 0) is 6.54 Å². The van der Waals surface area contributed by atoms with E-state index in [-0.39, 0.29) is 0 Å². The largest absolute Gasteiger partial charge is 0.493 e. The minimum atomic E-state index is 0.726. The Morgan fingerprint density at radius 3 is 2.41 bits per heavy atom. The van der Waals surface area contributed by atoms with Crippen molar-refractivity contribution in [1.82, 2.24) is 5.01 Å². The molecule has 1 N–H and O–H groups in total. The van der Waals surface area contributed by atoms with Crippen molar-refractivity contribution < 1.29 is 14.4 Å². The lowest BCUT2D eigenvalue weighted by molar-refractivity contribution is -0.918. The van der Waals surface area contributed by atoms with E-state index in [4.69, 9.17) is 9.47 Å². The fourth-order valence-corrected chi connectivity index (χ4v) is 3.50. The lowest BCUT2D eigenvalue weighted by atomic mass is 10.1. The summed E-state index contributed by atoms with van der Waals surface area (Å²) in [7, 11) is 3.29. The van der Waals surface area contributed by atoms with Crippen molar-refractivity contribution in [3.8, 4) is 11.5 Å². The van der Waals surface area contributed by atoms with E-state index < -0.39 is 0 Å². The summed E-state index contributed by atoms with van der Waals surface area (Å²) >= 11 is 0. The van der Waals surface area contributed by atoms with Crippen molar-refractivity contribution in [2.24, 2.45) is 5.10 Å². The van der Waals surface area contributed by atoms with E-state index in [0.29, 0.717) is 0 Å². The minimum Gasteiger partial charge on any atom is -0.493 e. The second-order valence-electron chi connectivity index (χ2n) is 7.17. The second kappa shape index (κ2) is 8.91. The number of piperazine rings is 1. The van der Waals surface area contributed by atoms with E-state index in [1.165, 1.54) is 16.7 Å². The van der Waals surface area contributed by atoms with Crippen LogP contribution in [0.2, 0.25) is 0 Å². The first-order valence-electron chi connectivity index (χ1n) is 9.49. The van der Waals surface area contributed by atoms with Gasteiger partial charge in [0.1, 0.15) is 6.54 Å². The van der Waals surface area contributed by atoms with Crippen LogP contribution in [0.15, 0.2) is 41.5 Å². The molecule has 1 fully saturated rings. The number of hydrogen-bond acceptors (Lipinski definition) is 4. The van der Waals surface area contributed by atoms with Gasteiger partial charge in [-0.3, -0.25) is 5.01 Å². The predicted molar refractivity (Wildman–Crippen MR) is 109 cm³/mol. The number of methoxy groups -OCH3 is 2. The van der Waals surface area contributed by atoms with Gasteiger partial charge in [-0.15, -0.1) is 0 Å². The first kappa shape index (κ1) is 19.2. The summed E-state index contributed by atoms with van der Waals surface area (Å²) in [6.07, 6.45) is 1.90. The summed E-state index contributed by atoms with van der Waals surface area (Å²) in [6.45, 7) is 9.63. The van der Waals surface area contributed by atoms with E-state index in [9.17, 15) is 0 Å². The first-order chi connectivity index (χ1) is 13.1. The molecule has 27 heavy (non-hydrogen) atoms. The zero-order valence-electron chi connectivity index (χ0n) is 16.8. The maximum absolute atomic E-state index is 5.35. The molecule has 0 amide bonds. The van der Waals surface area contributed by atoms with Gasteiger partial charge in [0.25, 0.3) is 0 Å². The molecule has 1 heterocycles. The number of benzene rings is 2. The Kier molecular flexibility index (Phi) is 6.35. The van der Waals surface area contributed by atoms with E-state index in [0.717, 1.165) is 49.8 Å². The lowest BCUT2D eigenvalue weighted by Gasteiger charge is -2.30. The van der Waals surface area contributed by atoms with Crippen LogP contribution in [0.1, 0.15) is 22.3 Å². The van der Waals surface area contributed by atoms with Gasteiger partial charge in [-0.05, 0) is 43.2 Å². The van der Waals surface area contributed by atoms with Gasteiger partial charge in [0, 0.05) is 5.56 Å². The van der Waals surface area contributed by atoms with Crippen molar-refractivity contribution >= 4 is 6.21 Å². The average Bonchev–Trinajstić information content (AvgIpc) is 2.69. The summed E-state index contributed by atoms with van der Waals surface area (Å²) in [5.74, 6) is 1.46. The van der Waals surface area contributed by atoms with Gasteiger partial charge in [-0.25, -0.2) is 0 Å². The highest BCUT2D eigenvalue weighted by atomic mass is 16.5. The fraction of sp³-hybridized carbons (Fsp3) is 0.409. The van der Waals surface area contributed by atoms with E-state index >= 15 is 0 Å². The normalized spacial score (nSPS) is 15.3. The molecule has 3 rings (SSSR count). The molecular weight excluding hydrogens is 338 g/mol. The lowest BCUT2D eigenvalue weighted by Crippen LogP contribution is -3.13. The van der Waals surface area contributed by atoms with Crippen molar-refractivity contribution in [3.05, 3.63) is 58.7 Å². The third-order valence-electron chi connectivity index (χ3n) is 5.16. The molecule has 1 aliphatic rings. The summed E-state index contributed by atoms with van der Waals surface area (Å²) in [6, 6.07) is 12.6. The molecule has 0 radical (unpaired) electrons. The Morgan fingerprint density at radius 1 is 1.00 bits per heavy atom. The SMILES string of the molecule is COc1ccc(/C=N\N2CC[NH+](Cc3ccc(C)cc3C)CC2)cc1OC. The smallest absolute Gasteiger partial charge is 0.161 e. The van der Waals surface area contributed by atoms with Crippen LogP contribution < -0.4 is 14.4 Å². The summed E-state index contributed by atoms with van der Waals surface area (Å²) in [5, 5.41) is 6.81. The van der Waals surface area contributed by atoms with Crippen molar-refractivity contribution in [2.45, 2.75) is 20.4 Å². The van der Waals surface area contributed by atoms with Crippen molar-refractivity contribution in [1.29, 1.82) is 0 Å². The Labute approximate surface area is 162 Å². The third-order valence-corrected chi connectivity index (χ3v) is 5.16. The van der Waals surface area contributed by atoms with Crippen LogP contribution in [0, 0.1) is 13.8 Å². The molecule has 0 unspecified atom stereocenters. The van der Waals surface area contributed by atoms with Gasteiger partial charge in [-0.1, -0.05) is 23.8 Å². The Bertz CT molecular complexity index is 796. The molecule has 2 aromatic carbocycles. The zero-order chi connectivity index (χ0) is 19.2. The Morgan fingerprint density at radius 2 is 1.74 bits per heavy atom. The number of quaternary nitrogens is 1. The highest BCUT2D eigenvalue weighted by Gasteiger charge is 2.19. The second-order valence-corrected chi connectivity index (χ2v) is 7.17. The van der Waals surface area contributed by atoms with Gasteiger partial charge in [0.05, 0.1) is 46.6 Å². The van der Waals surface area contributed by atoms with E-state index in [1.807, 2.05) is 24.4 Å². The standard InChI is InChI=1S/C22H29N3O2/c1-17-5-7-20(18(2)13-17)16-24-9-11-25(12-10-24)23-15-19-6-8-21(26-3)22(14-19)27-4/h5-8,13-15H,9-12,16H2,1-4H3/p+1/b23-15-. The number of nitrogens with zero attached hydrogens (tertiary/aromatic N) is 2. The molecule has 1 saturated heterocycles. The summed E-state index contributed by atoms with van der Waals surface area (Å²) in [4.78, 5) is 1.62. The van der Waals surface area contributed by atoms with Crippen LogP contribution in [-0.4, -0.2) is 51.6 Å². The van der Waals surface area contributed by atoms with Crippen LogP contribution in [0.3, 0.4) is 0 Å². The predicted octanol–water partition coefficient (Wildman–Crippen LogP) is 2.06. The molecule has 0 aromatic heterocycles. The minimum absolute atomic E-state index is 0.726. The number of nitrogens with one attached hydrogen (secondary N) is 1. The highest BCUT2D eigenvalue weighted by molar-refractivity contribution is 5.80. The number of aryl methyl sites for hydroxylation is 2. The zero-order valence-corrected chi connectivity index (χ0v) is 16.8. The van der Waals surface area contributed by atoms with Gasteiger partial charge >= 0.3 is 0 Å². The Balaban J connectivity index is 1.54. The van der Waals surface area contributed by atoms with Crippen LogP contribution in [0.4, 0.5) is 0 Å². The topological polar surface area (TPSA) is 38.5 Å². The maximum atomic E-state index is 5.35. The number of ether oxygens (including phenoxy) is 2. The molecule has 0 bridgehead atoms. The fourth-order valence-electron chi connectivity index (χ4n) is 3.50. The molecule has 144 valence electrons. The third kappa shape index (κ3) is 5.01. The number of hydrazone groups is 1. The molecule has 0 atom stereocenters. The molecular formula is C22H30N3O2+. The Hall–Kier alpha value is -2.53. The summed E-state index contributed by atoms with van der Waals surface area (Å²) < 4.78 is 10.6. The van der Waals surface area contributed by atoms with Crippen LogP contribution in [0.5, 0.6) is 11.5 Å². The molecule has 1 aliphatic heterocycles. The highest BCUT2D eigenvalue weighted by Crippen LogP contribution is 2.26. The molecule has 5 heteroatoms. The van der Waals surface area contributed by atoms with Gasteiger partial charge in [0.15, 0.2) is 11.5 Å². The van der Waals surface area contributed by atoms with Gasteiger partial charge in [-0.2, -0.15) is 5.10 Å². The number of hydrogen-bond donors (Lipinski definition) is 1. The van der Waals surface area contributed by atoms with Crippen molar-refractivity contribution in [3.63, 3.8) is 0 Å². The maximum Gasteiger partial charge on any atom is 0.161 e. The van der Waals surface area contributed by atoms with Crippen LogP contribution >= 0.6 is 0 Å². The molecule has 2 aromatic rings. The van der Waals surface area contributed by atoms with Crippen molar-refractivity contribution in [2.75, 3.05) is 40.4 Å². The van der Waals surface area contributed by atoms with Crippen LogP contribution in [0.25, 0.3) is 0 Å². The molecule has 0 saturated carbocycles. The molecule has 0 spiro atoms. The van der Waals surface area contributed by atoms with Gasteiger partial charge < -0.3 is 14.4 Å². The van der Waals surface area contributed by atoms with E-state index in [1.54, 1.807) is 19.1 Å². The molecule has 0 aliphatic carbocycles. The monoisotopic (exact) mass is 368 g/mol. The van der Waals surface area contributed by atoms with E-state index in [2.05, 4.69) is 42.2 Å². The quantitative estimate of drug-likeness (QED) is 0.794. The first-order valence-corrected chi connectivity index (χ1v) is 9.49. The molecule has 5 nitrogen and oxygen atoms in total. The summed E-state index contributed by atoms with van der Waals surface area (Å²) in [5.41, 5.74) is 5.20. The average molecular weight is 369 g/mol. The van der Waals surface area contributed by atoms with Gasteiger partial charge in [0.2, 0.25) is 0 Å².